The molecule has 1 heterocycles. The molecule has 19 heavy (non-hydrogen) atoms. The van der Waals surface area contributed by atoms with Gasteiger partial charge in [0, 0.05) is 33.2 Å². The molecule has 1 atom stereocenters. The van der Waals surface area contributed by atoms with Gasteiger partial charge in [-0.3, -0.25) is 9.59 Å². The van der Waals surface area contributed by atoms with Crippen molar-refractivity contribution in [2.45, 2.75) is 19.3 Å². The Hall–Kier alpha value is -0.750. The summed E-state index contributed by atoms with van der Waals surface area (Å²) < 4.78 is 4.98. The fourth-order valence-corrected chi connectivity index (χ4v) is 2.55. The number of piperidine rings is 1. The normalized spacial score (nSPS) is 19.6. The fraction of sp³-hybridized carbons (Fsp3) is 0.846. The minimum absolute atomic E-state index is 0.0659. The number of carbonyl (C=O) groups excluding carboxylic acids is 2. The van der Waals surface area contributed by atoms with E-state index in [1.54, 1.807) is 23.8 Å². The van der Waals surface area contributed by atoms with Gasteiger partial charge in [0.2, 0.25) is 11.8 Å². The molecule has 6 heteroatoms. The van der Waals surface area contributed by atoms with E-state index in [2.05, 4.69) is 11.6 Å². The summed E-state index contributed by atoms with van der Waals surface area (Å²) in [5.74, 6) is 1.20. The minimum Gasteiger partial charge on any atom is -0.383 e. The summed E-state index contributed by atoms with van der Waals surface area (Å²) in [6.45, 7) is 2.35. The van der Waals surface area contributed by atoms with Crippen LogP contribution in [0.4, 0.5) is 0 Å². The van der Waals surface area contributed by atoms with Crippen LogP contribution in [0.25, 0.3) is 0 Å². The maximum Gasteiger partial charge on any atom is 0.224 e. The summed E-state index contributed by atoms with van der Waals surface area (Å²) in [6, 6.07) is 0. The third-order valence-electron chi connectivity index (χ3n) is 3.26. The lowest BCUT2D eigenvalue weighted by atomic mass is 9.96. The lowest BCUT2D eigenvalue weighted by Crippen LogP contribution is -2.46. The lowest BCUT2D eigenvalue weighted by Gasteiger charge is -2.31. The molecule has 0 radical (unpaired) electrons. The zero-order valence-electron chi connectivity index (χ0n) is 11.8. The number of hydrogen-bond acceptors (Lipinski definition) is 4. The summed E-state index contributed by atoms with van der Waals surface area (Å²) in [5.41, 5.74) is 0. The average molecular weight is 288 g/mol. The van der Waals surface area contributed by atoms with Crippen molar-refractivity contribution < 1.29 is 14.3 Å². The number of rotatable bonds is 8. The van der Waals surface area contributed by atoms with E-state index in [-0.39, 0.29) is 17.7 Å². The van der Waals surface area contributed by atoms with Gasteiger partial charge in [-0.25, -0.2) is 0 Å². The number of hydrogen-bond donors (Lipinski definition) is 1. The first-order valence-electron chi connectivity index (χ1n) is 6.72. The summed E-state index contributed by atoms with van der Waals surface area (Å²) in [6.07, 6.45) is 4.18. The van der Waals surface area contributed by atoms with Crippen molar-refractivity contribution in [1.29, 1.82) is 0 Å². The predicted molar refractivity (Wildman–Crippen MR) is 77.2 cm³/mol. The van der Waals surface area contributed by atoms with E-state index in [4.69, 9.17) is 4.74 Å². The van der Waals surface area contributed by atoms with Crippen molar-refractivity contribution in [1.82, 2.24) is 10.2 Å². The van der Waals surface area contributed by atoms with Crippen molar-refractivity contribution >= 4 is 23.6 Å². The van der Waals surface area contributed by atoms with Crippen molar-refractivity contribution in [3.63, 3.8) is 0 Å². The Morgan fingerprint density at radius 3 is 3.05 bits per heavy atom. The Balaban J connectivity index is 2.32. The molecule has 0 aromatic carbocycles. The summed E-state index contributed by atoms with van der Waals surface area (Å²) >= 11 is 1.78. The molecule has 0 bridgehead atoms. The van der Waals surface area contributed by atoms with E-state index < -0.39 is 0 Å². The van der Waals surface area contributed by atoms with Crippen LogP contribution in [0.1, 0.15) is 19.3 Å². The molecule has 1 saturated heterocycles. The molecule has 1 N–H and O–H groups in total. The zero-order valence-corrected chi connectivity index (χ0v) is 12.6. The van der Waals surface area contributed by atoms with Gasteiger partial charge >= 0.3 is 0 Å². The Morgan fingerprint density at radius 1 is 1.58 bits per heavy atom. The zero-order chi connectivity index (χ0) is 14.1. The van der Waals surface area contributed by atoms with Crippen LogP contribution >= 0.6 is 11.8 Å². The van der Waals surface area contributed by atoms with Gasteiger partial charge in [-0.05, 0) is 24.9 Å². The number of thioether (sulfide) groups is 1. The second kappa shape index (κ2) is 9.20. The first-order valence-corrected chi connectivity index (χ1v) is 8.11. The van der Waals surface area contributed by atoms with Crippen LogP contribution in [0.2, 0.25) is 0 Å². The molecule has 1 aliphatic heterocycles. The molecule has 0 spiro atoms. The highest BCUT2D eigenvalue weighted by molar-refractivity contribution is 7.98. The largest absolute Gasteiger partial charge is 0.383 e. The molecule has 1 aliphatic rings. The molecule has 110 valence electrons. The Morgan fingerprint density at radius 2 is 2.37 bits per heavy atom. The second-order valence-electron chi connectivity index (χ2n) is 4.71. The van der Waals surface area contributed by atoms with Crippen molar-refractivity contribution in [3.8, 4) is 0 Å². The van der Waals surface area contributed by atoms with E-state index in [9.17, 15) is 9.59 Å². The third-order valence-corrected chi connectivity index (χ3v) is 3.96. The molecule has 0 aliphatic carbocycles. The van der Waals surface area contributed by atoms with Gasteiger partial charge in [0.15, 0.2) is 0 Å². The molecule has 1 fully saturated rings. The standard InChI is InChI=1S/C13H24N2O3S/c1-18-8-7-15-10-11(4-5-12(15)16)13(17)14-6-3-9-19-2/h11H,3-10H2,1-2H3,(H,14,17)/t11-/m0/s1. The summed E-state index contributed by atoms with van der Waals surface area (Å²) in [5, 5.41) is 2.96. The quantitative estimate of drug-likeness (QED) is 0.669. The third kappa shape index (κ3) is 5.82. The monoisotopic (exact) mass is 288 g/mol. The number of amides is 2. The van der Waals surface area contributed by atoms with Crippen molar-refractivity contribution in [2.75, 3.05) is 45.4 Å². The summed E-state index contributed by atoms with van der Waals surface area (Å²) in [4.78, 5) is 25.4. The van der Waals surface area contributed by atoms with Gasteiger partial charge < -0.3 is 15.0 Å². The molecule has 5 nitrogen and oxygen atoms in total. The molecule has 0 saturated carbocycles. The van der Waals surface area contributed by atoms with Crippen LogP contribution < -0.4 is 5.32 Å². The molecular formula is C13H24N2O3S. The van der Waals surface area contributed by atoms with Gasteiger partial charge in [-0.15, -0.1) is 0 Å². The highest BCUT2D eigenvalue weighted by Crippen LogP contribution is 2.17. The minimum atomic E-state index is -0.0659. The van der Waals surface area contributed by atoms with E-state index in [0.29, 0.717) is 32.5 Å². The highest BCUT2D eigenvalue weighted by atomic mass is 32.2. The van der Waals surface area contributed by atoms with Gasteiger partial charge in [0.05, 0.1) is 12.5 Å². The second-order valence-corrected chi connectivity index (χ2v) is 5.69. The summed E-state index contributed by atoms with van der Waals surface area (Å²) in [7, 11) is 1.62. The van der Waals surface area contributed by atoms with Gasteiger partial charge in [0.25, 0.3) is 0 Å². The molecule has 0 aromatic heterocycles. The van der Waals surface area contributed by atoms with Crippen molar-refractivity contribution in [3.05, 3.63) is 0 Å². The van der Waals surface area contributed by atoms with Gasteiger partial charge in [-0.1, -0.05) is 0 Å². The van der Waals surface area contributed by atoms with Crippen LogP contribution in [0.15, 0.2) is 0 Å². The lowest BCUT2D eigenvalue weighted by molar-refractivity contribution is -0.138. The predicted octanol–water partition coefficient (Wildman–Crippen LogP) is 0.741. The van der Waals surface area contributed by atoms with Crippen LogP contribution in [0.5, 0.6) is 0 Å². The first kappa shape index (κ1) is 16.3. The average Bonchev–Trinajstić information content (AvgIpc) is 2.42. The van der Waals surface area contributed by atoms with Crippen LogP contribution in [-0.4, -0.2) is 62.1 Å². The van der Waals surface area contributed by atoms with Crippen LogP contribution in [-0.2, 0) is 14.3 Å². The number of methoxy groups -OCH3 is 1. The van der Waals surface area contributed by atoms with E-state index in [1.165, 1.54) is 0 Å². The number of ether oxygens (including phenoxy) is 1. The molecular weight excluding hydrogens is 264 g/mol. The molecule has 0 aromatic rings. The van der Waals surface area contributed by atoms with Crippen molar-refractivity contribution in [2.24, 2.45) is 5.92 Å². The Kier molecular flexibility index (Phi) is 7.90. The van der Waals surface area contributed by atoms with Gasteiger partial charge in [-0.2, -0.15) is 11.8 Å². The molecule has 1 rings (SSSR count). The fourth-order valence-electron chi connectivity index (χ4n) is 2.12. The SMILES string of the molecule is COCCN1C[C@@H](C(=O)NCCCSC)CCC1=O. The van der Waals surface area contributed by atoms with Gasteiger partial charge in [0.1, 0.15) is 0 Å². The topological polar surface area (TPSA) is 58.6 Å². The maximum atomic E-state index is 12.0. The number of likely N-dealkylation sites (tertiary alicyclic amines) is 1. The molecule has 2 amide bonds. The van der Waals surface area contributed by atoms with E-state index in [1.807, 2.05) is 0 Å². The van der Waals surface area contributed by atoms with E-state index in [0.717, 1.165) is 18.7 Å². The number of nitrogens with one attached hydrogen (secondary N) is 1. The molecule has 0 unspecified atom stereocenters. The van der Waals surface area contributed by atoms with Crippen LogP contribution in [0, 0.1) is 5.92 Å². The van der Waals surface area contributed by atoms with E-state index >= 15 is 0 Å². The maximum absolute atomic E-state index is 12.0. The number of nitrogens with zero attached hydrogens (tertiary/aromatic N) is 1. The smallest absolute Gasteiger partial charge is 0.224 e. The number of carbonyl (C=O) groups is 2. The highest BCUT2D eigenvalue weighted by Gasteiger charge is 2.29. The Bertz CT molecular complexity index is 300. The van der Waals surface area contributed by atoms with Crippen LogP contribution in [0.3, 0.4) is 0 Å². The first-order chi connectivity index (χ1) is 9.19. The Labute approximate surface area is 119 Å².